The van der Waals surface area contributed by atoms with Gasteiger partial charge in [-0.25, -0.2) is 17.9 Å². The molecule has 0 atom stereocenters. The Morgan fingerprint density at radius 1 is 1.43 bits per heavy atom. The van der Waals surface area contributed by atoms with Gasteiger partial charge in [0.25, 0.3) is 0 Å². The predicted molar refractivity (Wildman–Crippen MR) is 82.8 cm³/mol. The Morgan fingerprint density at radius 3 is 2.71 bits per heavy atom. The minimum absolute atomic E-state index is 0.0788. The number of sulfonamides is 1. The van der Waals surface area contributed by atoms with E-state index in [-0.39, 0.29) is 16.2 Å². The molecule has 1 aromatic carbocycles. The van der Waals surface area contributed by atoms with Gasteiger partial charge in [0.1, 0.15) is 11.3 Å². The van der Waals surface area contributed by atoms with E-state index in [1.54, 1.807) is 0 Å². The second-order valence-corrected chi connectivity index (χ2v) is 6.95. The third-order valence-corrected chi connectivity index (χ3v) is 4.62. The fourth-order valence-electron chi connectivity index (χ4n) is 1.54. The second kappa shape index (κ2) is 8.26. The van der Waals surface area contributed by atoms with Crippen molar-refractivity contribution in [2.24, 2.45) is 0 Å². The van der Waals surface area contributed by atoms with Gasteiger partial charge in [-0.1, -0.05) is 6.92 Å². The van der Waals surface area contributed by atoms with Crippen LogP contribution in [0.1, 0.15) is 23.7 Å². The fraction of sp³-hybridized carbons (Fsp3) is 0.462. The summed E-state index contributed by atoms with van der Waals surface area (Å²) in [4.78, 5) is 11.1. The van der Waals surface area contributed by atoms with Crippen LogP contribution in [0.4, 0.5) is 0 Å². The summed E-state index contributed by atoms with van der Waals surface area (Å²) >= 11 is 1.52. The Balaban J connectivity index is 3.04. The predicted octanol–water partition coefficient (Wildman–Crippen LogP) is 1.81. The third kappa shape index (κ3) is 5.22. The Morgan fingerprint density at radius 2 is 2.14 bits per heavy atom. The van der Waals surface area contributed by atoms with Crippen LogP contribution in [0.25, 0.3) is 0 Å². The highest BCUT2D eigenvalue weighted by molar-refractivity contribution is 7.98. The smallest absolute Gasteiger partial charge is 0.339 e. The molecular formula is C13H19NO5S2. The van der Waals surface area contributed by atoms with Crippen LogP contribution in [-0.4, -0.2) is 44.7 Å². The van der Waals surface area contributed by atoms with Crippen LogP contribution >= 0.6 is 11.8 Å². The van der Waals surface area contributed by atoms with Gasteiger partial charge in [0.2, 0.25) is 10.0 Å². The van der Waals surface area contributed by atoms with Crippen molar-refractivity contribution >= 4 is 27.8 Å². The summed E-state index contributed by atoms with van der Waals surface area (Å²) in [6, 6.07) is 3.84. The quantitative estimate of drug-likeness (QED) is 0.670. The summed E-state index contributed by atoms with van der Waals surface area (Å²) in [5.74, 6) is -0.405. The molecule has 0 saturated heterocycles. The maximum atomic E-state index is 12.1. The van der Waals surface area contributed by atoms with Gasteiger partial charge in [-0.2, -0.15) is 11.8 Å². The first-order chi connectivity index (χ1) is 9.92. The largest absolute Gasteiger partial charge is 0.493 e. The number of aromatic carboxylic acids is 1. The van der Waals surface area contributed by atoms with Gasteiger partial charge in [-0.15, -0.1) is 0 Å². The number of hydrogen-bond donors (Lipinski definition) is 2. The van der Waals surface area contributed by atoms with Crippen molar-refractivity contribution in [3.05, 3.63) is 23.8 Å². The molecule has 21 heavy (non-hydrogen) atoms. The van der Waals surface area contributed by atoms with Crippen molar-refractivity contribution in [1.29, 1.82) is 0 Å². The van der Waals surface area contributed by atoms with Gasteiger partial charge in [0.05, 0.1) is 11.5 Å². The van der Waals surface area contributed by atoms with Crippen LogP contribution < -0.4 is 9.46 Å². The summed E-state index contributed by atoms with van der Waals surface area (Å²) in [5, 5.41) is 9.17. The fourth-order valence-corrected chi connectivity index (χ4v) is 3.04. The standard InChI is InChI=1S/C13H19NO5S2/c1-3-7-19-12-5-4-10(9-11(12)13(15)16)21(17,18)14-6-8-20-2/h4-5,9,14H,3,6-8H2,1-2H3,(H,15,16). The van der Waals surface area contributed by atoms with Gasteiger partial charge in [-0.3, -0.25) is 0 Å². The average Bonchev–Trinajstić information content (AvgIpc) is 2.44. The minimum Gasteiger partial charge on any atom is -0.493 e. The molecule has 0 bridgehead atoms. The van der Waals surface area contributed by atoms with Crippen molar-refractivity contribution in [3.63, 3.8) is 0 Å². The number of carboxylic acids is 1. The summed E-state index contributed by atoms with van der Waals surface area (Å²) in [6.45, 7) is 2.56. The van der Waals surface area contributed by atoms with Gasteiger partial charge in [0.15, 0.2) is 0 Å². The van der Waals surface area contributed by atoms with E-state index in [2.05, 4.69) is 4.72 Å². The highest BCUT2D eigenvalue weighted by Gasteiger charge is 2.19. The Hall–Kier alpha value is -1.25. The highest BCUT2D eigenvalue weighted by atomic mass is 32.2. The number of rotatable bonds is 9. The van der Waals surface area contributed by atoms with E-state index in [0.717, 1.165) is 12.5 Å². The zero-order chi connectivity index (χ0) is 15.9. The summed E-state index contributed by atoms with van der Waals surface area (Å²) < 4.78 is 31.8. The summed E-state index contributed by atoms with van der Waals surface area (Å²) in [6.07, 6.45) is 2.60. The maximum Gasteiger partial charge on any atom is 0.339 e. The molecule has 2 N–H and O–H groups in total. The van der Waals surface area contributed by atoms with Crippen LogP contribution in [-0.2, 0) is 10.0 Å². The molecule has 0 radical (unpaired) electrons. The van der Waals surface area contributed by atoms with E-state index in [0.29, 0.717) is 18.9 Å². The van der Waals surface area contributed by atoms with E-state index in [9.17, 15) is 18.3 Å². The first-order valence-corrected chi connectivity index (χ1v) is 9.28. The van der Waals surface area contributed by atoms with Crippen LogP contribution in [0.3, 0.4) is 0 Å². The van der Waals surface area contributed by atoms with Gasteiger partial charge >= 0.3 is 5.97 Å². The Bertz CT molecular complexity index is 586. The van der Waals surface area contributed by atoms with Crippen molar-refractivity contribution in [3.8, 4) is 5.75 Å². The lowest BCUT2D eigenvalue weighted by molar-refractivity contribution is 0.0692. The number of ether oxygens (including phenoxy) is 1. The molecule has 0 amide bonds. The molecule has 8 heteroatoms. The molecular weight excluding hydrogens is 314 g/mol. The molecule has 0 fully saturated rings. The van der Waals surface area contributed by atoms with Gasteiger partial charge in [0, 0.05) is 12.3 Å². The van der Waals surface area contributed by atoms with Crippen LogP contribution in [0.5, 0.6) is 5.75 Å². The highest BCUT2D eigenvalue weighted by Crippen LogP contribution is 2.23. The third-order valence-electron chi connectivity index (χ3n) is 2.55. The van der Waals surface area contributed by atoms with Crippen LogP contribution in [0.15, 0.2) is 23.1 Å². The van der Waals surface area contributed by atoms with Crippen molar-refractivity contribution in [1.82, 2.24) is 4.72 Å². The number of carboxylic acid groups (broad SMARTS) is 1. The Labute approximate surface area is 128 Å². The lowest BCUT2D eigenvalue weighted by Crippen LogP contribution is -2.26. The number of benzene rings is 1. The lowest BCUT2D eigenvalue weighted by atomic mass is 10.2. The molecule has 118 valence electrons. The topological polar surface area (TPSA) is 92.7 Å². The molecule has 0 aliphatic carbocycles. The minimum atomic E-state index is -3.71. The van der Waals surface area contributed by atoms with Crippen LogP contribution in [0.2, 0.25) is 0 Å². The number of carbonyl (C=O) groups is 1. The van der Waals surface area contributed by atoms with Crippen molar-refractivity contribution in [2.75, 3.05) is 25.2 Å². The molecule has 1 rings (SSSR count). The average molecular weight is 333 g/mol. The molecule has 0 heterocycles. The molecule has 0 aromatic heterocycles. The maximum absolute atomic E-state index is 12.1. The van der Waals surface area contributed by atoms with E-state index in [1.165, 1.54) is 23.9 Å². The first-order valence-electron chi connectivity index (χ1n) is 6.41. The van der Waals surface area contributed by atoms with E-state index < -0.39 is 16.0 Å². The first kappa shape index (κ1) is 17.8. The zero-order valence-electron chi connectivity index (χ0n) is 12.0. The molecule has 6 nitrogen and oxygen atoms in total. The van der Waals surface area contributed by atoms with Gasteiger partial charge in [-0.05, 0) is 30.9 Å². The van der Waals surface area contributed by atoms with Gasteiger partial charge < -0.3 is 9.84 Å². The molecule has 0 saturated carbocycles. The number of nitrogens with one attached hydrogen (secondary N) is 1. The normalized spacial score (nSPS) is 11.3. The molecule has 0 aliphatic rings. The molecule has 1 aromatic rings. The summed E-state index contributed by atoms with van der Waals surface area (Å²) in [5.41, 5.74) is -0.156. The molecule has 0 spiro atoms. The number of thioether (sulfide) groups is 1. The van der Waals surface area contributed by atoms with E-state index in [1.807, 2.05) is 13.2 Å². The zero-order valence-corrected chi connectivity index (χ0v) is 13.6. The van der Waals surface area contributed by atoms with E-state index in [4.69, 9.17) is 4.74 Å². The van der Waals surface area contributed by atoms with Crippen molar-refractivity contribution in [2.45, 2.75) is 18.2 Å². The SMILES string of the molecule is CCCOc1ccc(S(=O)(=O)NCCSC)cc1C(=O)O. The monoisotopic (exact) mass is 333 g/mol. The summed E-state index contributed by atoms with van der Waals surface area (Å²) in [7, 11) is -3.71. The van der Waals surface area contributed by atoms with E-state index >= 15 is 0 Å². The second-order valence-electron chi connectivity index (χ2n) is 4.20. The lowest BCUT2D eigenvalue weighted by Gasteiger charge is -2.11. The van der Waals surface area contributed by atoms with Crippen LogP contribution in [0, 0.1) is 0 Å². The number of hydrogen-bond acceptors (Lipinski definition) is 5. The molecule has 0 aliphatic heterocycles. The Kier molecular flexibility index (Phi) is 7.00. The molecule has 0 unspecified atom stereocenters. The van der Waals surface area contributed by atoms with Crippen molar-refractivity contribution < 1.29 is 23.1 Å².